The van der Waals surface area contributed by atoms with E-state index in [1.165, 1.54) is 11.0 Å². The monoisotopic (exact) mass is 510 g/mol. The highest BCUT2D eigenvalue weighted by Gasteiger charge is 2.49. The zero-order chi connectivity index (χ0) is 23.9. The molecule has 7 nitrogen and oxygen atoms in total. The lowest BCUT2D eigenvalue weighted by Crippen LogP contribution is -2.58. The molecule has 1 fully saturated rings. The Balaban J connectivity index is 1.93. The molecule has 1 amide bonds. The normalized spacial score (nSPS) is 25.5. The Hall–Kier alpha value is -2.13. The van der Waals surface area contributed by atoms with Crippen LogP contribution in [0, 0.1) is 0 Å². The van der Waals surface area contributed by atoms with E-state index in [1.54, 1.807) is 36.4 Å². The number of fused-ring (bicyclic) bond motifs is 1. The highest BCUT2D eigenvalue weighted by atomic mass is 35.5. The summed E-state index contributed by atoms with van der Waals surface area (Å²) in [4.78, 5) is 28.0. The van der Waals surface area contributed by atoms with Gasteiger partial charge in [0.05, 0.1) is 12.3 Å². The molecule has 0 bridgehead atoms. The fourth-order valence-corrected chi connectivity index (χ4v) is 6.46. The largest absolute Gasteiger partial charge is 0.481 e. The maximum atomic E-state index is 13.8. The van der Waals surface area contributed by atoms with Crippen LogP contribution in [0.5, 0.6) is 0 Å². The van der Waals surface area contributed by atoms with E-state index in [1.807, 2.05) is 0 Å². The van der Waals surface area contributed by atoms with Crippen LogP contribution < -0.4 is 4.72 Å². The van der Waals surface area contributed by atoms with Gasteiger partial charge >= 0.3 is 5.97 Å². The molecule has 0 unspecified atom stereocenters. The molecule has 1 aliphatic heterocycles. The lowest BCUT2D eigenvalue weighted by Gasteiger charge is -2.48. The number of hydrogen-bond donors (Lipinski definition) is 2. The molecule has 2 N–H and O–H groups in total. The quantitative estimate of drug-likeness (QED) is 0.626. The fourth-order valence-electron chi connectivity index (χ4n) is 5.11. The second kappa shape index (κ2) is 9.25. The summed E-state index contributed by atoms with van der Waals surface area (Å²) in [5, 5.41) is 10.9. The second-order valence-electron chi connectivity index (χ2n) is 8.57. The second-order valence-corrected chi connectivity index (χ2v) is 11.2. The van der Waals surface area contributed by atoms with Crippen molar-refractivity contribution in [2.75, 3.05) is 6.26 Å². The molecule has 4 atom stereocenters. The molecular formula is C23H24Cl2N2O5S. The number of nitrogens with one attached hydrogen (secondary N) is 1. The van der Waals surface area contributed by atoms with E-state index in [0.29, 0.717) is 34.6 Å². The third-order valence-corrected chi connectivity index (χ3v) is 7.67. The number of benzene rings is 2. The fraction of sp³-hybridized carbons (Fsp3) is 0.391. The van der Waals surface area contributed by atoms with E-state index in [0.717, 1.165) is 19.1 Å². The van der Waals surface area contributed by atoms with Crippen molar-refractivity contribution in [3.8, 4) is 0 Å². The van der Waals surface area contributed by atoms with Gasteiger partial charge in [0, 0.05) is 27.7 Å². The average Bonchev–Trinajstić information content (AvgIpc) is 2.73. The van der Waals surface area contributed by atoms with Crippen molar-refractivity contribution < 1.29 is 23.1 Å². The van der Waals surface area contributed by atoms with Crippen molar-refractivity contribution in [1.29, 1.82) is 0 Å². The van der Waals surface area contributed by atoms with E-state index in [4.69, 9.17) is 23.2 Å². The molecule has 2 aromatic rings. The molecule has 1 heterocycles. The summed E-state index contributed by atoms with van der Waals surface area (Å²) < 4.78 is 26.8. The zero-order valence-electron chi connectivity index (χ0n) is 17.9. The van der Waals surface area contributed by atoms with E-state index < -0.39 is 40.0 Å². The first-order valence-electron chi connectivity index (χ1n) is 10.6. The number of amides is 1. The smallest absolute Gasteiger partial charge is 0.313 e. The van der Waals surface area contributed by atoms with Gasteiger partial charge in [0.1, 0.15) is 5.92 Å². The minimum Gasteiger partial charge on any atom is -0.481 e. The standard InChI is InChI=1S/C23H24Cl2N2O5S/c1-33(31,32)26-18-8-4-5-9-19(18)27-21(16-11-10-13(24)12-17(16)25)20(23(29)30)14-6-2-3-7-15(14)22(27)28/h2-3,6-7,10-12,18-21,26H,4-5,8-9H2,1H3,(H,29,30)/t18-,19-,20-,21+/m1/s1. The summed E-state index contributed by atoms with van der Waals surface area (Å²) in [6.45, 7) is 0. The van der Waals surface area contributed by atoms with Gasteiger partial charge in [-0.2, -0.15) is 0 Å². The number of hydrogen-bond acceptors (Lipinski definition) is 4. The third kappa shape index (κ3) is 4.75. The van der Waals surface area contributed by atoms with Crippen molar-refractivity contribution in [3.63, 3.8) is 0 Å². The van der Waals surface area contributed by atoms with Crippen LogP contribution >= 0.6 is 23.2 Å². The van der Waals surface area contributed by atoms with Crippen LogP contribution in [-0.4, -0.2) is 48.6 Å². The van der Waals surface area contributed by atoms with Gasteiger partial charge in [0.15, 0.2) is 0 Å². The summed E-state index contributed by atoms with van der Waals surface area (Å²) in [6.07, 6.45) is 3.75. The predicted octanol–water partition coefficient (Wildman–Crippen LogP) is 4.22. The van der Waals surface area contributed by atoms with Gasteiger partial charge in [-0.05, 0) is 42.2 Å². The molecule has 4 rings (SSSR count). The zero-order valence-corrected chi connectivity index (χ0v) is 20.2. The lowest BCUT2D eigenvalue weighted by atomic mass is 9.77. The molecule has 1 aliphatic carbocycles. The first-order chi connectivity index (χ1) is 15.6. The van der Waals surface area contributed by atoms with Gasteiger partial charge in [-0.1, -0.05) is 60.3 Å². The van der Waals surface area contributed by atoms with Gasteiger partial charge in [0.2, 0.25) is 10.0 Å². The van der Waals surface area contributed by atoms with Crippen LogP contribution in [-0.2, 0) is 14.8 Å². The molecular weight excluding hydrogens is 487 g/mol. The van der Waals surface area contributed by atoms with Gasteiger partial charge in [-0.25, -0.2) is 13.1 Å². The van der Waals surface area contributed by atoms with Crippen molar-refractivity contribution in [2.24, 2.45) is 0 Å². The minimum absolute atomic E-state index is 0.249. The summed E-state index contributed by atoms with van der Waals surface area (Å²) in [7, 11) is -3.55. The minimum atomic E-state index is -3.55. The maximum Gasteiger partial charge on any atom is 0.313 e. The van der Waals surface area contributed by atoms with Crippen LogP contribution in [0.25, 0.3) is 0 Å². The van der Waals surface area contributed by atoms with Gasteiger partial charge in [-0.3, -0.25) is 9.59 Å². The van der Waals surface area contributed by atoms with E-state index >= 15 is 0 Å². The number of halogens is 2. The van der Waals surface area contributed by atoms with Crippen LogP contribution in [0.15, 0.2) is 42.5 Å². The Labute approximate surface area is 202 Å². The molecule has 0 spiro atoms. The Morgan fingerprint density at radius 2 is 1.79 bits per heavy atom. The molecule has 0 saturated heterocycles. The van der Waals surface area contributed by atoms with Crippen LogP contribution in [0.2, 0.25) is 10.0 Å². The number of carboxylic acid groups (broad SMARTS) is 1. The van der Waals surface area contributed by atoms with Gasteiger partial charge < -0.3 is 10.0 Å². The molecule has 0 aromatic heterocycles. The summed E-state index contributed by atoms with van der Waals surface area (Å²) >= 11 is 12.6. The molecule has 33 heavy (non-hydrogen) atoms. The number of rotatable bonds is 5. The molecule has 2 aromatic carbocycles. The Morgan fingerprint density at radius 3 is 2.45 bits per heavy atom. The van der Waals surface area contributed by atoms with Crippen molar-refractivity contribution in [1.82, 2.24) is 9.62 Å². The van der Waals surface area contributed by atoms with Crippen molar-refractivity contribution in [3.05, 3.63) is 69.2 Å². The van der Waals surface area contributed by atoms with Crippen molar-refractivity contribution in [2.45, 2.75) is 49.7 Å². The third-order valence-electron chi connectivity index (χ3n) is 6.38. The Morgan fingerprint density at radius 1 is 1.09 bits per heavy atom. The molecule has 10 heteroatoms. The van der Waals surface area contributed by atoms with Crippen molar-refractivity contribution >= 4 is 45.1 Å². The summed E-state index contributed by atoms with van der Waals surface area (Å²) in [5.74, 6) is -2.52. The first-order valence-corrected chi connectivity index (χ1v) is 13.3. The first kappa shape index (κ1) is 24.0. The van der Waals surface area contributed by atoms with E-state index in [-0.39, 0.29) is 10.9 Å². The molecule has 0 radical (unpaired) electrons. The number of carbonyl (C=O) groups excluding carboxylic acids is 1. The molecule has 1 saturated carbocycles. The van der Waals surface area contributed by atoms with Gasteiger partial charge in [0.25, 0.3) is 5.91 Å². The number of nitrogens with zero attached hydrogens (tertiary/aromatic N) is 1. The number of carbonyl (C=O) groups is 2. The highest BCUT2D eigenvalue weighted by Crippen LogP contribution is 2.47. The van der Waals surface area contributed by atoms with Crippen LogP contribution in [0.3, 0.4) is 0 Å². The SMILES string of the molecule is CS(=O)(=O)N[C@@H]1CCCC[C@H]1N1C(=O)c2ccccc2[C@@H](C(=O)O)[C@@H]1c1ccc(Cl)cc1Cl. The summed E-state index contributed by atoms with van der Waals surface area (Å²) in [6, 6.07) is 9.42. The number of aliphatic carboxylic acids is 1. The van der Waals surface area contributed by atoms with Crippen LogP contribution in [0.4, 0.5) is 0 Å². The summed E-state index contributed by atoms with van der Waals surface area (Å²) in [5.41, 5.74) is 1.17. The molecule has 176 valence electrons. The number of sulfonamides is 1. The Bertz CT molecular complexity index is 1200. The van der Waals surface area contributed by atoms with Crippen LogP contribution in [0.1, 0.15) is 59.1 Å². The lowest BCUT2D eigenvalue weighted by molar-refractivity contribution is -0.141. The molecule has 2 aliphatic rings. The predicted molar refractivity (Wildman–Crippen MR) is 126 cm³/mol. The van der Waals surface area contributed by atoms with E-state index in [2.05, 4.69) is 4.72 Å². The topological polar surface area (TPSA) is 104 Å². The highest BCUT2D eigenvalue weighted by molar-refractivity contribution is 7.88. The van der Waals surface area contributed by atoms with Gasteiger partial charge in [-0.15, -0.1) is 0 Å². The van der Waals surface area contributed by atoms with E-state index in [9.17, 15) is 23.1 Å². The Kier molecular flexibility index (Phi) is 6.73. The maximum absolute atomic E-state index is 13.8. The average molecular weight is 511 g/mol. The number of carboxylic acids is 1.